The molecule has 1 aliphatic rings. The van der Waals surface area contributed by atoms with Gasteiger partial charge in [0.15, 0.2) is 5.78 Å². The van der Waals surface area contributed by atoms with E-state index in [1.165, 1.54) is 6.42 Å². The second kappa shape index (κ2) is 7.39. The molecule has 2 heterocycles. The predicted molar refractivity (Wildman–Crippen MR) is 94.0 cm³/mol. The summed E-state index contributed by atoms with van der Waals surface area (Å²) in [7, 11) is 0. The summed E-state index contributed by atoms with van der Waals surface area (Å²) in [5, 5.41) is 4.06. The highest BCUT2D eigenvalue weighted by Crippen LogP contribution is 2.30. The van der Waals surface area contributed by atoms with Crippen molar-refractivity contribution in [1.29, 1.82) is 0 Å². The normalized spacial score (nSPS) is 19.8. The van der Waals surface area contributed by atoms with Crippen LogP contribution in [0.3, 0.4) is 0 Å². The lowest BCUT2D eigenvalue weighted by atomic mass is 9.92. The van der Waals surface area contributed by atoms with Gasteiger partial charge in [-0.25, -0.2) is 0 Å². The Morgan fingerprint density at radius 3 is 2.61 bits per heavy atom. The molecule has 1 aromatic rings. The number of hydrogen-bond donors (Lipinski definition) is 0. The molecular weight excluding hydrogens is 310 g/mol. The molecule has 130 valence electrons. The maximum absolute atomic E-state index is 12.6. The van der Waals surface area contributed by atoms with Gasteiger partial charge >= 0.3 is 0 Å². The van der Waals surface area contributed by atoms with Crippen LogP contribution in [-0.4, -0.2) is 34.2 Å². The van der Waals surface area contributed by atoms with E-state index in [4.69, 9.17) is 9.26 Å². The molecule has 1 unspecified atom stereocenters. The summed E-state index contributed by atoms with van der Waals surface area (Å²) >= 11 is 1.69. The van der Waals surface area contributed by atoms with Crippen molar-refractivity contribution in [2.24, 2.45) is 0 Å². The average Bonchev–Trinajstić information content (AvgIpc) is 2.95. The van der Waals surface area contributed by atoms with E-state index in [0.717, 1.165) is 36.7 Å². The van der Waals surface area contributed by atoms with Gasteiger partial charge in [-0.2, -0.15) is 0 Å². The zero-order chi connectivity index (χ0) is 17.1. The van der Waals surface area contributed by atoms with E-state index >= 15 is 0 Å². The maximum atomic E-state index is 12.6. The number of Topliss-reactive ketones (excluding diaryl/α,β-unsaturated/α-hetero) is 1. The van der Waals surface area contributed by atoms with Crippen LogP contribution in [0.15, 0.2) is 10.6 Å². The van der Waals surface area contributed by atoms with Crippen LogP contribution in [-0.2, 0) is 21.4 Å². The second-order valence-corrected chi connectivity index (χ2v) is 9.48. The number of hydrogen-bond acceptors (Lipinski definition) is 5. The lowest BCUT2D eigenvalue weighted by Crippen LogP contribution is -2.32. The van der Waals surface area contributed by atoms with Gasteiger partial charge in [0.05, 0.1) is 23.0 Å². The topological polar surface area (TPSA) is 52.3 Å². The lowest BCUT2D eigenvalue weighted by Gasteiger charge is -2.27. The fourth-order valence-corrected chi connectivity index (χ4v) is 3.55. The molecule has 23 heavy (non-hydrogen) atoms. The Kier molecular flexibility index (Phi) is 5.95. The van der Waals surface area contributed by atoms with Gasteiger partial charge in [-0.15, -0.1) is 11.8 Å². The van der Waals surface area contributed by atoms with Crippen LogP contribution in [0.5, 0.6) is 0 Å². The summed E-state index contributed by atoms with van der Waals surface area (Å²) in [5.41, 5.74) is 0.638. The van der Waals surface area contributed by atoms with Crippen LogP contribution in [0.1, 0.15) is 65.3 Å². The summed E-state index contributed by atoms with van der Waals surface area (Å²) in [6.07, 6.45) is 4.11. The van der Waals surface area contributed by atoms with Crippen molar-refractivity contribution >= 4 is 17.5 Å². The summed E-state index contributed by atoms with van der Waals surface area (Å²) in [6.45, 7) is 11.1. The fraction of sp³-hybridized carbons (Fsp3) is 0.778. The number of aromatic nitrogens is 1. The second-order valence-electron chi connectivity index (χ2n) is 7.84. The highest BCUT2D eigenvalue weighted by molar-refractivity contribution is 8.01. The summed E-state index contributed by atoms with van der Waals surface area (Å²) in [5.74, 6) is 1.89. The molecule has 0 bridgehead atoms. The van der Waals surface area contributed by atoms with E-state index < -0.39 is 4.75 Å². The van der Waals surface area contributed by atoms with Crippen LogP contribution in [0.25, 0.3) is 0 Å². The van der Waals surface area contributed by atoms with Crippen LogP contribution < -0.4 is 0 Å². The molecule has 0 saturated carbocycles. The van der Waals surface area contributed by atoms with Gasteiger partial charge in [0.2, 0.25) is 0 Å². The third-order valence-electron chi connectivity index (χ3n) is 4.22. The van der Waals surface area contributed by atoms with Gasteiger partial charge in [0.25, 0.3) is 0 Å². The molecule has 0 N–H and O–H groups in total. The number of ether oxygens (including phenoxy) is 1. The van der Waals surface area contributed by atoms with E-state index in [2.05, 4.69) is 25.9 Å². The van der Waals surface area contributed by atoms with E-state index in [1.54, 1.807) is 11.8 Å². The van der Waals surface area contributed by atoms with Crippen LogP contribution in [0, 0.1) is 0 Å². The Bertz CT molecular complexity index is 525. The van der Waals surface area contributed by atoms with Gasteiger partial charge in [-0.3, -0.25) is 4.79 Å². The molecule has 2 rings (SSSR count). The molecule has 1 aromatic heterocycles. The minimum Gasteiger partial charge on any atom is -0.377 e. The summed E-state index contributed by atoms with van der Waals surface area (Å²) in [6, 6.07) is 1.91. The van der Waals surface area contributed by atoms with Gasteiger partial charge in [-0.05, 0) is 33.1 Å². The van der Waals surface area contributed by atoms with E-state index in [1.807, 2.05) is 19.9 Å². The molecule has 1 atom stereocenters. The Morgan fingerprint density at radius 1 is 1.30 bits per heavy atom. The van der Waals surface area contributed by atoms with Gasteiger partial charge in [0, 0.05) is 23.8 Å². The van der Waals surface area contributed by atoms with Crippen molar-refractivity contribution in [3.63, 3.8) is 0 Å². The number of rotatable bonds is 6. The smallest absolute Gasteiger partial charge is 0.154 e. The minimum absolute atomic E-state index is 0.0864. The first-order valence-electron chi connectivity index (χ1n) is 8.43. The van der Waals surface area contributed by atoms with Crippen molar-refractivity contribution in [2.75, 3.05) is 12.4 Å². The molecular formula is C18H29NO3S. The fourth-order valence-electron chi connectivity index (χ4n) is 2.45. The van der Waals surface area contributed by atoms with Gasteiger partial charge in [-0.1, -0.05) is 25.9 Å². The third-order valence-corrected chi connectivity index (χ3v) is 5.70. The number of carbonyl (C=O) groups is 1. The van der Waals surface area contributed by atoms with E-state index in [0.29, 0.717) is 12.5 Å². The maximum Gasteiger partial charge on any atom is 0.154 e. The summed E-state index contributed by atoms with van der Waals surface area (Å²) in [4.78, 5) is 12.6. The molecule has 0 spiro atoms. The lowest BCUT2D eigenvalue weighted by molar-refractivity contribution is -0.120. The number of carbonyl (C=O) groups excluding carboxylic acids is 1. The Balaban J connectivity index is 1.88. The van der Waals surface area contributed by atoms with Crippen molar-refractivity contribution in [3.05, 3.63) is 17.5 Å². The Labute approximate surface area is 143 Å². The molecule has 1 aliphatic heterocycles. The molecule has 0 radical (unpaired) electrons. The molecule has 0 amide bonds. The van der Waals surface area contributed by atoms with Crippen LogP contribution >= 0.6 is 11.8 Å². The highest BCUT2D eigenvalue weighted by Gasteiger charge is 2.31. The number of ketones is 1. The van der Waals surface area contributed by atoms with Gasteiger partial charge < -0.3 is 9.26 Å². The van der Waals surface area contributed by atoms with E-state index in [-0.39, 0.29) is 11.2 Å². The molecule has 4 nitrogen and oxygen atoms in total. The van der Waals surface area contributed by atoms with E-state index in [9.17, 15) is 4.79 Å². The largest absolute Gasteiger partial charge is 0.377 e. The Hall–Kier alpha value is -0.810. The average molecular weight is 340 g/mol. The molecule has 1 saturated heterocycles. The monoisotopic (exact) mass is 339 g/mol. The van der Waals surface area contributed by atoms with Crippen LogP contribution in [0.2, 0.25) is 0 Å². The quantitative estimate of drug-likeness (QED) is 0.779. The van der Waals surface area contributed by atoms with Crippen molar-refractivity contribution in [2.45, 2.75) is 76.6 Å². The van der Waals surface area contributed by atoms with Crippen molar-refractivity contribution in [3.8, 4) is 0 Å². The van der Waals surface area contributed by atoms with Gasteiger partial charge in [0.1, 0.15) is 5.76 Å². The predicted octanol–water partition coefficient (Wildman–Crippen LogP) is 4.16. The third kappa shape index (κ3) is 5.35. The molecule has 5 heteroatoms. The number of nitrogens with zero attached hydrogens (tertiary/aromatic N) is 1. The molecule has 0 aliphatic carbocycles. The SMILES string of the molecule is CC(C)(SCC1CCCCO1)C(=O)Cc1cc(C(C)(C)C)on1. The zero-order valence-corrected chi connectivity index (χ0v) is 15.8. The van der Waals surface area contributed by atoms with Crippen LogP contribution in [0.4, 0.5) is 0 Å². The first kappa shape index (κ1) is 18.5. The number of thioether (sulfide) groups is 1. The zero-order valence-electron chi connectivity index (χ0n) is 15.0. The minimum atomic E-state index is -0.429. The Morgan fingerprint density at radius 2 is 2.04 bits per heavy atom. The van der Waals surface area contributed by atoms with Crippen molar-refractivity contribution in [1.82, 2.24) is 5.16 Å². The van der Waals surface area contributed by atoms with Crippen molar-refractivity contribution < 1.29 is 14.1 Å². The molecule has 1 fully saturated rings. The highest BCUT2D eigenvalue weighted by atomic mass is 32.2. The first-order chi connectivity index (χ1) is 10.7. The molecule has 0 aromatic carbocycles. The summed E-state index contributed by atoms with van der Waals surface area (Å²) < 4.78 is 10.7. The standard InChI is InChI=1S/C18H29NO3S/c1-17(2,3)16-11-13(19-22-16)10-15(20)18(4,5)23-12-14-8-6-7-9-21-14/h11,14H,6-10,12H2,1-5H3. The first-order valence-corrected chi connectivity index (χ1v) is 9.42.